The van der Waals surface area contributed by atoms with Gasteiger partial charge in [0, 0.05) is 17.5 Å². The Balaban J connectivity index is 3.90. The molecule has 0 radical (unpaired) electrons. The van der Waals surface area contributed by atoms with Crippen LogP contribution in [0.5, 0.6) is 0 Å². The van der Waals surface area contributed by atoms with Crippen molar-refractivity contribution in [3.8, 4) is 0 Å². The van der Waals surface area contributed by atoms with Crippen LogP contribution in [0.15, 0.2) is 0 Å². The van der Waals surface area contributed by atoms with Gasteiger partial charge < -0.3 is 20.1 Å². The Hall–Kier alpha value is -0.140. The maximum Gasteiger partial charge on any atom is 0.129 e. The topological polar surface area (TPSA) is 89.8 Å². The van der Waals surface area contributed by atoms with Gasteiger partial charge in [0.1, 0.15) is 12.5 Å². The van der Waals surface area contributed by atoms with Crippen LogP contribution < -0.4 is 5.32 Å². The molecular weight excluding hydrogens is 206 g/mol. The van der Waals surface area contributed by atoms with Crippen LogP contribution in [0.1, 0.15) is 6.92 Å². The van der Waals surface area contributed by atoms with Gasteiger partial charge in [0.15, 0.2) is 0 Å². The standard InChI is InChI=1S/C8H17NO4S/c1-6(12)9-7(8(13)4-11)5-14-3-2-10/h2,6-9,11-13H,3-5H2,1H3. The smallest absolute Gasteiger partial charge is 0.129 e. The van der Waals surface area contributed by atoms with E-state index in [0.29, 0.717) is 11.5 Å². The van der Waals surface area contributed by atoms with Crippen molar-refractivity contribution >= 4 is 18.0 Å². The number of aliphatic hydroxyl groups excluding tert-OH is 3. The van der Waals surface area contributed by atoms with Crippen LogP contribution in [0.3, 0.4) is 0 Å². The van der Waals surface area contributed by atoms with E-state index in [1.807, 2.05) is 0 Å². The van der Waals surface area contributed by atoms with Crippen molar-refractivity contribution in [2.75, 3.05) is 18.1 Å². The predicted molar refractivity (Wildman–Crippen MR) is 55.1 cm³/mol. The third-order valence-electron chi connectivity index (χ3n) is 1.59. The largest absolute Gasteiger partial charge is 0.394 e. The molecule has 84 valence electrons. The summed E-state index contributed by atoms with van der Waals surface area (Å²) in [5, 5.41) is 29.8. The Morgan fingerprint density at radius 3 is 2.57 bits per heavy atom. The summed E-state index contributed by atoms with van der Waals surface area (Å²) in [6.45, 7) is 1.16. The van der Waals surface area contributed by atoms with Gasteiger partial charge in [0.05, 0.1) is 12.7 Å². The summed E-state index contributed by atoms with van der Waals surface area (Å²) in [5.41, 5.74) is 0. The van der Waals surface area contributed by atoms with Crippen molar-refractivity contribution in [2.45, 2.75) is 25.3 Å². The number of aldehydes is 1. The number of hydrogen-bond acceptors (Lipinski definition) is 6. The van der Waals surface area contributed by atoms with Crippen LogP contribution in [0.4, 0.5) is 0 Å². The lowest BCUT2D eigenvalue weighted by Crippen LogP contribution is -2.47. The summed E-state index contributed by atoms with van der Waals surface area (Å²) in [5.74, 6) is 0.807. The summed E-state index contributed by atoms with van der Waals surface area (Å²) in [4.78, 5) is 10.0. The summed E-state index contributed by atoms with van der Waals surface area (Å²) in [7, 11) is 0. The number of nitrogens with one attached hydrogen (secondary N) is 1. The van der Waals surface area contributed by atoms with Gasteiger partial charge in [0.25, 0.3) is 0 Å². The monoisotopic (exact) mass is 223 g/mol. The average molecular weight is 223 g/mol. The zero-order valence-corrected chi connectivity index (χ0v) is 8.91. The van der Waals surface area contributed by atoms with Gasteiger partial charge in [-0.25, -0.2) is 0 Å². The lowest BCUT2D eigenvalue weighted by molar-refractivity contribution is -0.105. The van der Waals surface area contributed by atoms with Crippen molar-refractivity contribution in [3.05, 3.63) is 0 Å². The molecule has 0 aromatic heterocycles. The van der Waals surface area contributed by atoms with E-state index in [2.05, 4.69) is 5.32 Å². The highest BCUT2D eigenvalue weighted by atomic mass is 32.2. The van der Waals surface area contributed by atoms with Gasteiger partial charge in [-0.1, -0.05) is 0 Å². The molecule has 4 N–H and O–H groups in total. The van der Waals surface area contributed by atoms with Gasteiger partial charge in [-0.2, -0.15) is 11.8 Å². The lowest BCUT2D eigenvalue weighted by Gasteiger charge is -2.23. The van der Waals surface area contributed by atoms with Crippen molar-refractivity contribution in [1.29, 1.82) is 0 Å². The Labute approximate surface area is 87.5 Å². The second-order valence-corrected chi connectivity index (χ2v) is 3.98. The summed E-state index contributed by atoms with van der Waals surface area (Å²) >= 11 is 1.33. The maximum absolute atomic E-state index is 10.0. The molecule has 3 unspecified atom stereocenters. The molecule has 0 saturated heterocycles. The molecule has 0 fully saturated rings. The first-order valence-electron chi connectivity index (χ1n) is 4.36. The quantitative estimate of drug-likeness (QED) is 0.229. The fraction of sp³-hybridized carbons (Fsp3) is 0.875. The Bertz CT molecular complexity index is 156. The first-order chi connectivity index (χ1) is 6.61. The van der Waals surface area contributed by atoms with Crippen LogP contribution in [-0.2, 0) is 4.79 Å². The first kappa shape index (κ1) is 13.9. The molecule has 6 heteroatoms. The second kappa shape index (κ2) is 8.19. The van der Waals surface area contributed by atoms with Crippen molar-refractivity contribution in [1.82, 2.24) is 5.32 Å². The van der Waals surface area contributed by atoms with Crippen molar-refractivity contribution in [3.63, 3.8) is 0 Å². The minimum atomic E-state index is -0.927. The van der Waals surface area contributed by atoms with Gasteiger partial charge in [-0.3, -0.25) is 5.32 Å². The predicted octanol–water partition coefficient (Wildman–Crippen LogP) is -1.43. The molecule has 0 aliphatic rings. The van der Waals surface area contributed by atoms with Gasteiger partial charge >= 0.3 is 0 Å². The molecule has 0 bridgehead atoms. The second-order valence-electron chi connectivity index (χ2n) is 2.90. The van der Waals surface area contributed by atoms with Crippen LogP contribution >= 0.6 is 11.8 Å². The van der Waals surface area contributed by atoms with E-state index in [1.54, 1.807) is 0 Å². The number of carbonyl (C=O) groups is 1. The zero-order chi connectivity index (χ0) is 11.0. The van der Waals surface area contributed by atoms with E-state index in [0.717, 1.165) is 6.29 Å². The van der Waals surface area contributed by atoms with Crippen molar-refractivity contribution < 1.29 is 20.1 Å². The highest BCUT2D eigenvalue weighted by Crippen LogP contribution is 2.05. The van der Waals surface area contributed by atoms with E-state index in [4.69, 9.17) is 10.2 Å². The molecule has 0 aliphatic heterocycles. The molecule has 0 rings (SSSR count). The fourth-order valence-corrected chi connectivity index (χ4v) is 1.76. The maximum atomic E-state index is 10.0. The zero-order valence-electron chi connectivity index (χ0n) is 8.09. The molecule has 0 aromatic carbocycles. The van der Waals surface area contributed by atoms with Crippen molar-refractivity contribution in [2.24, 2.45) is 0 Å². The minimum Gasteiger partial charge on any atom is -0.394 e. The highest BCUT2D eigenvalue weighted by Gasteiger charge is 2.19. The summed E-state index contributed by atoms with van der Waals surface area (Å²) < 4.78 is 0. The summed E-state index contributed by atoms with van der Waals surface area (Å²) in [6, 6.07) is -0.412. The lowest BCUT2D eigenvalue weighted by atomic mass is 10.2. The number of aliphatic hydroxyl groups is 3. The number of rotatable bonds is 8. The Kier molecular flexibility index (Phi) is 8.11. The van der Waals surface area contributed by atoms with E-state index < -0.39 is 18.4 Å². The molecule has 0 heterocycles. The molecule has 0 amide bonds. The third-order valence-corrected chi connectivity index (χ3v) is 2.56. The van der Waals surface area contributed by atoms with Gasteiger partial charge in [-0.15, -0.1) is 0 Å². The molecular formula is C8H17NO4S. The molecule has 14 heavy (non-hydrogen) atoms. The van der Waals surface area contributed by atoms with Gasteiger partial charge in [-0.05, 0) is 6.92 Å². The molecule has 3 atom stereocenters. The third kappa shape index (κ3) is 6.33. The number of thioether (sulfide) groups is 1. The number of carbonyl (C=O) groups excluding carboxylic acids is 1. The molecule has 5 nitrogen and oxygen atoms in total. The molecule has 0 aromatic rings. The average Bonchev–Trinajstić information content (AvgIpc) is 2.15. The molecule has 0 saturated carbocycles. The highest BCUT2D eigenvalue weighted by molar-refractivity contribution is 7.99. The van der Waals surface area contributed by atoms with E-state index in [-0.39, 0.29) is 6.61 Å². The van der Waals surface area contributed by atoms with E-state index >= 15 is 0 Å². The van der Waals surface area contributed by atoms with E-state index in [9.17, 15) is 9.90 Å². The van der Waals surface area contributed by atoms with Crippen LogP contribution in [-0.4, -0.2) is 58.1 Å². The fourth-order valence-electron chi connectivity index (χ4n) is 0.950. The molecule has 0 aliphatic carbocycles. The SMILES string of the molecule is CC(O)NC(CSCC=O)C(O)CO. The number of hydrogen-bond donors (Lipinski definition) is 4. The normalized spacial score (nSPS) is 17.4. The van der Waals surface area contributed by atoms with Crippen LogP contribution in [0.2, 0.25) is 0 Å². The Morgan fingerprint density at radius 2 is 2.14 bits per heavy atom. The van der Waals surface area contributed by atoms with Crippen LogP contribution in [0, 0.1) is 0 Å². The van der Waals surface area contributed by atoms with Gasteiger partial charge in [0.2, 0.25) is 0 Å². The summed E-state index contributed by atoms with van der Waals surface area (Å²) in [6.07, 6.45) is -0.906. The Morgan fingerprint density at radius 1 is 1.50 bits per heavy atom. The van der Waals surface area contributed by atoms with Crippen LogP contribution in [0.25, 0.3) is 0 Å². The minimum absolute atomic E-state index is 0.343. The molecule has 0 spiro atoms. The first-order valence-corrected chi connectivity index (χ1v) is 5.51. The van der Waals surface area contributed by atoms with E-state index in [1.165, 1.54) is 18.7 Å².